The molecule has 4 heterocycles. The number of pyridine rings is 1. The highest BCUT2D eigenvalue weighted by Crippen LogP contribution is 2.45. The number of hydrogen-bond donors (Lipinski definition) is 3. The lowest BCUT2D eigenvalue weighted by Crippen LogP contribution is -2.58. The number of amides is 3. The molecule has 3 aromatic rings. The molecule has 1 aromatic carbocycles. The standard InChI is InChI=1S/C36H44N6O6S2/c1-5-23-18-36(23,33(45)41-50(46,47)26-12-13-26)40-30(43)28-17-25-19-42(28)32(44)29(35(2,3)4)39-34-38-24(20-49-34)9-7-6-8-21-10-11-22-14-15-37-31(48-25)27(22)16-21/h5,10-11,14-16,20,23,25-26,28-29H,1,6-9,12-13,17-19H2,2-4H3,(H,38,39)(H,40,43)(H,41,45)/t23-,25+,28-,29+,36?/m0/s1. The highest BCUT2D eigenvalue weighted by atomic mass is 32.2. The van der Waals surface area contributed by atoms with Crippen molar-refractivity contribution in [3.05, 3.63) is 59.8 Å². The number of thiazole rings is 1. The van der Waals surface area contributed by atoms with Gasteiger partial charge in [0.15, 0.2) is 5.13 Å². The van der Waals surface area contributed by atoms with Gasteiger partial charge in [0, 0.05) is 29.3 Å². The van der Waals surface area contributed by atoms with E-state index in [1.165, 1.54) is 21.8 Å². The first-order valence-corrected chi connectivity index (χ1v) is 19.8. The number of sulfonamides is 1. The smallest absolute Gasteiger partial charge is 0.259 e. The van der Waals surface area contributed by atoms with Gasteiger partial charge in [0.2, 0.25) is 27.7 Å². The van der Waals surface area contributed by atoms with Crippen LogP contribution in [0.3, 0.4) is 0 Å². The van der Waals surface area contributed by atoms with Crippen LogP contribution in [0.1, 0.15) is 70.6 Å². The number of hydrogen-bond acceptors (Lipinski definition) is 10. The number of carbonyl (C=O) groups excluding carboxylic acids is 3. The number of nitrogens with one attached hydrogen (secondary N) is 3. The van der Waals surface area contributed by atoms with Crippen LogP contribution in [0.25, 0.3) is 10.8 Å². The van der Waals surface area contributed by atoms with E-state index in [-0.39, 0.29) is 25.3 Å². The number of ether oxygens (including phenoxy) is 1. The zero-order valence-corrected chi connectivity index (χ0v) is 30.2. The number of benzene rings is 1. The van der Waals surface area contributed by atoms with E-state index in [1.54, 1.807) is 12.3 Å². The fourth-order valence-corrected chi connectivity index (χ4v) is 9.19. The molecule has 1 saturated heterocycles. The van der Waals surface area contributed by atoms with Crippen molar-refractivity contribution in [2.75, 3.05) is 11.9 Å². The Balaban J connectivity index is 1.23. The topological polar surface area (TPSA) is 160 Å². The maximum Gasteiger partial charge on any atom is 0.259 e. The van der Waals surface area contributed by atoms with E-state index in [9.17, 15) is 22.8 Å². The van der Waals surface area contributed by atoms with Crippen LogP contribution >= 0.6 is 11.3 Å². The average Bonchev–Trinajstić information content (AvgIpc) is 3.96. The number of nitrogens with zero attached hydrogens (tertiary/aromatic N) is 3. The third-order valence-electron chi connectivity index (χ3n) is 10.3. The Kier molecular flexibility index (Phi) is 8.90. The summed E-state index contributed by atoms with van der Waals surface area (Å²) in [6.45, 7) is 9.78. The largest absolute Gasteiger partial charge is 0.472 e. The third-order valence-corrected chi connectivity index (χ3v) is 12.9. The number of fused-ring (bicyclic) bond motifs is 5. The molecule has 4 aliphatic rings. The molecule has 2 aliphatic carbocycles. The molecule has 50 heavy (non-hydrogen) atoms. The summed E-state index contributed by atoms with van der Waals surface area (Å²) in [7, 11) is -3.85. The Morgan fingerprint density at radius 3 is 2.68 bits per heavy atom. The number of rotatable bonds is 6. The summed E-state index contributed by atoms with van der Waals surface area (Å²) < 4.78 is 34.1. The molecule has 5 atom stereocenters. The van der Waals surface area contributed by atoms with Gasteiger partial charge in [0.25, 0.3) is 5.91 Å². The summed E-state index contributed by atoms with van der Waals surface area (Å²) in [5, 5.41) is 10.1. The molecule has 0 spiro atoms. The normalized spacial score (nSPS) is 27.1. The molecule has 6 bridgehead atoms. The lowest BCUT2D eigenvalue weighted by Gasteiger charge is -2.35. The van der Waals surface area contributed by atoms with E-state index < -0.39 is 62.1 Å². The van der Waals surface area contributed by atoms with Crippen LogP contribution in [0.15, 0.2) is 48.5 Å². The minimum atomic E-state index is -3.85. The highest BCUT2D eigenvalue weighted by molar-refractivity contribution is 7.91. The van der Waals surface area contributed by atoms with Crippen molar-refractivity contribution in [2.24, 2.45) is 11.3 Å². The zero-order valence-electron chi connectivity index (χ0n) is 28.6. The molecule has 12 nitrogen and oxygen atoms in total. The monoisotopic (exact) mass is 720 g/mol. The maximum atomic E-state index is 14.6. The van der Waals surface area contributed by atoms with E-state index in [1.807, 2.05) is 32.2 Å². The summed E-state index contributed by atoms with van der Waals surface area (Å²) in [5.74, 6) is -1.68. The summed E-state index contributed by atoms with van der Waals surface area (Å²) in [6.07, 6.45) is 7.63. The molecule has 266 valence electrons. The molecule has 3 fully saturated rings. The van der Waals surface area contributed by atoms with E-state index in [0.717, 1.165) is 42.1 Å². The predicted octanol–water partition coefficient (Wildman–Crippen LogP) is 4.11. The first-order chi connectivity index (χ1) is 23.8. The van der Waals surface area contributed by atoms with Crippen LogP contribution in [-0.4, -0.2) is 76.5 Å². The van der Waals surface area contributed by atoms with E-state index in [4.69, 9.17) is 9.72 Å². The van der Waals surface area contributed by atoms with Gasteiger partial charge < -0.3 is 20.3 Å². The van der Waals surface area contributed by atoms with Crippen molar-refractivity contribution in [3.63, 3.8) is 0 Å². The first-order valence-electron chi connectivity index (χ1n) is 17.3. The van der Waals surface area contributed by atoms with Crippen molar-refractivity contribution in [3.8, 4) is 5.88 Å². The van der Waals surface area contributed by atoms with Crippen LogP contribution < -0.4 is 20.1 Å². The van der Waals surface area contributed by atoms with Gasteiger partial charge >= 0.3 is 0 Å². The second kappa shape index (κ2) is 12.9. The van der Waals surface area contributed by atoms with Gasteiger partial charge in [-0.15, -0.1) is 17.9 Å². The Hall–Kier alpha value is -4.04. The molecule has 2 saturated carbocycles. The van der Waals surface area contributed by atoms with Gasteiger partial charge in [-0.3, -0.25) is 19.1 Å². The van der Waals surface area contributed by atoms with Crippen molar-refractivity contribution in [2.45, 2.75) is 101 Å². The SMILES string of the molecule is C=C[C@H]1CC1(NC(=O)[C@@H]1C[C@@H]2CN1C(=O)[C@H](C(C)(C)C)Nc1nc(cs1)CCCCc1ccc3ccnc(c3c1)O2)C(=O)NS(=O)(=O)C1CC1. The zero-order chi connectivity index (χ0) is 35.4. The van der Waals surface area contributed by atoms with Gasteiger partial charge in [-0.2, -0.15) is 0 Å². The second-order valence-corrected chi connectivity index (χ2v) is 17.9. The molecule has 2 aliphatic heterocycles. The number of carbonyl (C=O) groups is 3. The van der Waals surface area contributed by atoms with Crippen molar-refractivity contribution in [1.29, 1.82) is 0 Å². The predicted molar refractivity (Wildman–Crippen MR) is 191 cm³/mol. The molecule has 0 radical (unpaired) electrons. The van der Waals surface area contributed by atoms with Crippen LogP contribution in [-0.2, 0) is 37.2 Å². The number of anilines is 1. The molecular formula is C36H44N6O6S2. The Bertz CT molecular complexity index is 1950. The Labute approximate surface area is 296 Å². The minimum absolute atomic E-state index is 0.103. The van der Waals surface area contributed by atoms with E-state index >= 15 is 0 Å². The molecule has 2 aromatic heterocycles. The van der Waals surface area contributed by atoms with Crippen LogP contribution in [0.4, 0.5) is 5.13 Å². The number of aryl methyl sites for hydroxylation is 2. The quantitative estimate of drug-likeness (QED) is 0.319. The highest BCUT2D eigenvalue weighted by Gasteiger charge is 2.62. The number of aromatic nitrogens is 2. The first kappa shape index (κ1) is 34.4. The Morgan fingerprint density at radius 1 is 1.18 bits per heavy atom. The molecule has 14 heteroatoms. The Morgan fingerprint density at radius 2 is 1.96 bits per heavy atom. The van der Waals surface area contributed by atoms with Gasteiger partial charge in [0.1, 0.15) is 23.7 Å². The van der Waals surface area contributed by atoms with Crippen molar-refractivity contribution in [1.82, 2.24) is 24.9 Å². The van der Waals surface area contributed by atoms with Gasteiger partial charge in [0.05, 0.1) is 17.5 Å². The molecule has 3 N–H and O–H groups in total. The third kappa shape index (κ3) is 6.83. The maximum absolute atomic E-state index is 14.6. The van der Waals surface area contributed by atoms with Crippen molar-refractivity contribution < 1.29 is 27.5 Å². The van der Waals surface area contributed by atoms with Gasteiger partial charge in [-0.25, -0.2) is 18.4 Å². The van der Waals surface area contributed by atoms with Crippen LogP contribution in [0.5, 0.6) is 5.88 Å². The minimum Gasteiger partial charge on any atom is -0.472 e. The fraction of sp³-hybridized carbons (Fsp3) is 0.528. The van der Waals surface area contributed by atoms with E-state index in [2.05, 4.69) is 45.1 Å². The van der Waals surface area contributed by atoms with Crippen LogP contribution in [0.2, 0.25) is 0 Å². The lowest BCUT2D eigenvalue weighted by molar-refractivity contribution is -0.141. The molecule has 3 amide bonds. The average molecular weight is 721 g/mol. The van der Waals surface area contributed by atoms with Crippen molar-refractivity contribution >= 4 is 55.0 Å². The van der Waals surface area contributed by atoms with Gasteiger partial charge in [-0.05, 0) is 73.4 Å². The summed E-state index contributed by atoms with van der Waals surface area (Å²) in [5.41, 5.74) is 0.0796. The summed E-state index contributed by atoms with van der Waals surface area (Å²) >= 11 is 1.45. The summed E-state index contributed by atoms with van der Waals surface area (Å²) in [4.78, 5) is 53.3. The molecule has 7 rings (SSSR count). The van der Waals surface area contributed by atoms with Gasteiger partial charge in [-0.1, -0.05) is 39.0 Å². The lowest BCUT2D eigenvalue weighted by atomic mass is 9.85. The summed E-state index contributed by atoms with van der Waals surface area (Å²) in [6, 6.07) is 6.46. The van der Waals surface area contributed by atoms with E-state index in [0.29, 0.717) is 23.9 Å². The molecular weight excluding hydrogens is 677 g/mol. The fourth-order valence-electron chi connectivity index (χ4n) is 7.05. The van der Waals surface area contributed by atoms with Crippen LogP contribution in [0, 0.1) is 11.3 Å². The molecule has 1 unspecified atom stereocenters. The second-order valence-electron chi connectivity index (χ2n) is 15.1.